The van der Waals surface area contributed by atoms with E-state index in [9.17, 15) is 0 Å². The Kier molecular flexibility index (Phi) is 12.2. The summed E-state index contributed by atoms with van der Waals surface area (Å²) in [6.45, 7) is 0. The van der Waals surface area contributed by atoms with Crippen LogP contribution in [0, 0.1) is 0 Å². The van der Waals surface area contributed by atoms with Gasteiger partial charge in [-0.25, -0.2) is 0 Å². The molecule has 0 spiro atoms. The molecular formula is C70H52N2. The van der Waals surface area contributed by atoms with E-state index in [-0.39, 0.29) is 11.8 Å². The molecule has 2 nitrogen and oxygen atoms in total. The molecule has 0 amide bonds. The third-order valence-corrected chi connectivity index (χ3v) is 14.1. The van der Waals surface area contributed by atoms with Crippen molar-refractivity contribution >= 4 is 55.7 Å². The van der Waals surface area contributed by atoms with Crippen LogP contribution in [0.4, 0.5) is 34.1 Å². The largest absolute Gasteiger partial charge is 0.310 e. The van der Waals surface area contributed by atoms with Gasteiger partial charge in [-0.3, -0.25) is 0 Å². The maximum absolute atomic E-state index is 2.40. The van der Waals surface area contributed by atoms with Gasteiger partial charge in [0.15, 0.2) is 0 Å². The zero-order valence-corrected chi connectivity index (χ0v) is 39.9. The molecule has 0 N–H and O–H groups in total. The van der Waals surface area contributed by atoms with Crippen LogP contribution in [0.3, 0.4) is 0 Å². The normalized spacial score (nSPS) is 11.3. The second-order valence-electron chi connectivity index (χ2n) is 18.5. The Morgan fingerprint density at radius 1 is 0.194 bits per heavy atom. The van der Waals surface area contributed by atoms with Crippen LogP contribution in [-0.4, -0.2) is 0 Å². The third-order valence-electron chi connectivity index (χ3n) is 14.1. The summed E-state index contributed by atoms with van der Waals surface area (Å²) in [6.07, 6.45) is 0. The summed E-state index contributed by atoms with van der Waals surface area (Å²) in [5.74, 6) is 0.241. The predicted molar refractivity (Wildman–Crippen MR) is 304 cm³/mol. The van der Waals surface area contributed by atoms with Crippen LogP contribution in [0.1, 0.15) is 45.2 Å². The summed E-state index contributed by atoms with van der Waals surface area (Å²) in [5.41, 5.74) is 16.6. The number of rotatable bonds is 13. The van der Waals surface area contributed by atoms with Crippen molar-refractivity contribution in [3.63, 3.8) is 0 Å². The molecule has 0 unspecified atom stereocenters. The maximum atomic E-state index is 2.40. The smallest absolute Gasteiger partial charge is 0.0540 e. The first-order valence-corrected chi connectivity index (χ1v) is 24.9. The Balaban J connectivity index is 0.891. The van der Waals surface area contributed by atoms with Crippen LogP contribution in [0.2, 0.25) is 0 Å². The number of benzene rings is 12. The molecule has 0 atom stereocenters. The average molecular weight is 921 g/mol. The zero-order chi connectivity index (χ0) is 48.1. The summed E-state index contributed by atoms with van der Waals surface area (Å²) < 4.78 is 0. The van der Waals surface area contributed by atoms with Gasteiger partial charge in [-0.05, 0) is 116 Å². The Morgan fingerprint density at radius 2 is 0.444 bits per heavy atom. The number of nitrogens with zero attached hydrogens (tertiary/aromatic N) is 2. The average Bonchev–Trinajstić information content (AvgIpc) is 3.46. The third kappa shape index (κ3) is 8.83. The van der Waals surface area contributed by atoms with Gasteiger partial charge in [0, 0.05) is 45.4 Å². The molecule has 0 aromatic heterocycles. The van der Waals surface area contributed by atoms with Gasteiger partial charge in [-0.1, -0.05) is 243 Å². The highest BCUT2D eigenvalue weighted by atomic mass is 15.1. The lowest BCUT2D eigenvalue weighted by Gasteiger charge is -2.28. The van der Waals surface area contributed by atoms with E-state index in [0.29, 0.717) is 0 Å². The molecule has 12 aromatic rings. The topological polar surface area (TPSA) is 6.48 Å². The van der Waals surface area contributed by atoms with Crippen LogP contribution in [0.25, 0.3) is 32.7 Å². The van der Waals surface area contributed by atoms with Crippen molar-refractivity contribution in [2.75, 3.05) is 9.80 Å². The van der Waals surface area contributed by atoms with Crippen molar-refractivity contribution in [1.29, 1.82) is 0 Å². The van der Waals surface area contributed by atoms with Crippen molar-refractivity contribution in [2.24, 2.45) is 0 Å². The van der Waals surface area contributed by atoms with Crippen molar-refractivity contribution in [3.8, 4) is 11.1 Å². The van der Waals surface area contributed by atoms with Gasteiger partial charge in [0.2, 0.25) is 0 Å². The SMILES string of the molecule is c1ccc(C(c2ccccc2)c2ccc(N(c3ccc(-c4ccc(N(c5ccc(C(c6ccccc6)c6ccccc6)cc5)c5cccc6ccccc56)cc4)cc3)c3cccc4ccccc34)cc2)cc1. The fraction of sp³-hybridized carbons (Fsp3) is 0.0286. The standard InChI is InChI=1S/C70H52N2/c1-5-21-55(22-6-1)69(56-23-7-2-8-24-56)59-39-47-63(48-40-59)71(67-33-17-29-53-19-13-15-31-65(53)67)61-43-35-51(36-44-61)52-37-45-62(46-38-52)72(68-34-18-30-54-20-14-16-32-66(54)68)64-49-41-60(42-50-64)70(57-25-9-3-10-26-57)58-27-11-4-12-28-58/h1-50,69-70H. The Morgan fingerprint density at radius 3 is 0.764 bits per heavy atom. The summed E-state index contributed by atoms with van der Waals surface area (Å²) in [4.78, 5) is 4.79. The molecule has 0 fully saturated rings. The summed E-state index contributed by atoms with van der Waals surface area (Å²) in [7, 11) is 0. The highest BCUT2D eigenvalue weighted by Gasteiger charge is 2.22. The summed E-state index contributed by atoms with van der Waals surface area (Å²) in [5, 5.41) is 4.82. The molecule has 0 bridgehead atoms. The van der Waals surface area contributed by atoms with E-state index in [4.69, 9.17) is 0 Å². The minimum absolute atomic E-state index is 0.121. The molecule has 0 radical (unpaired) electrons. The fourth-order valence-electron chi connectivity index (χ4n) is 10.6. The number of hydrogen-bond acceptors (Lipinski definition) is 2. The van der Waals surface area contributed by atoms with Crippen LogP contribution in [-0.2, 0) is 0 Å². The molecule has 2 heteroatoms. The first-order valence-electron chi connectivity index (χ1n) is 24.9. The fourth-order valence-corrected chi connectivity index (χ4v) is 10.6. The number of anilines is 6. The minimum Gasteiger partial charge on any atom is -0.310 e. The molecule has 12 rings (SSSR count). The molecule has 0 aliphatic heterocycles. The molecule has 0 aliphatic rings. The Labute approximate surface area is 423 Å². The van der Waals surface area contributed by atoms with E-state index >= 15 is 0 Å². The molecule has 0 aliphatic carbocycles. The van der Waals surface area contributed by atoms with Gasteiger partial charge in [0.05, 0.1) is 11.4 Å². The van der Waals surface area contributed by atoms with E-state index in [1.807, 2.05) is 0 Å². The first-order chi connectivity index (χ1) is 35.7. The molecule has 72 heavy (non-hydrogen) atoms. The van der Waals surface area contributed by atoms with Gasteiger partial charge in [-0.15, -0.1) is 0 Å². The van der Waals surface area contributed by atoms with E-state index in [1.165, 1.54) is 54.9 Å². The lowest BCUT2D eigenvalue weighted by Crippen LogP contribution is -2.11. The predicted octanol–water partition coefficient (Wildman–Crippen LogP) is 19.0. The summed E-state index contributed by atoms with van der Waals surface area (Å²) >= 11 is 0. The van der Waals surface area contributed by atoms with Gasteiger partial charge >= 0.3 is 0 Å². The zero-order valence-electron chi connectivity index (χ0n) is 39.9. The molecule has 0 heterocycles. The molecule has 12 aromatic carbocycles. The van der Waals surface area contributed by atoms with Crippen molar-refractivity contribution in [2.45, 2.75) is 11.8 Å². The monoisotopic (exact) mass is 920 g/mol. The minimum atomic E-state index is 0.121. The van der Waals surface area contributed by atoms with Gasteiger partial charge in [0.1, 0.15) is 0 Å². The molecule has 342 valence electrons. The second kappa shape index (κ2) is 20.0. The lowest BCUT2D eigenvalue weighted by atomic mass is 9.85. The van der Waals surface area contributed by atoms with E-state index in [1.54, 1.807) is 0 Å². The molecule has 0 saturated heterocycles. The number of fused-ring (bicyclic) bond motifs is 2. The Bertz CT molecular complexity index is 3370. The molecule has 0 saturated carbocycles. The number of hydrogen-bond donors (Lipinski definition) is 0. The van der Waals surface area contributed by atoms with Crippen molar-refractivity contribution < 1.29 is 0 Å². The van der Waals surface area contributed by atoms with E-state index < -0.39 is 0 Å². The van der Waals surface area contributed by atoms with E-state index in [0.717, 1.165) is 45.3 Å². The quantitative estimate of drug-likeness (QED) is 0.106. The highest BCUT2D eigenvalue weighted by molar-refractivity contribution is 6.00. The van der Waals surface area contributed by atoms with Crippen molar-refractivity contribution in [3.05, 3.63) is 337 Å². The van der Waals surface area contributed by atoms with Crippen LogP contribution in [0.5, 0.6) is 0 Å². The van der Waals surface area contributed by atoms with Crippen molar-refractivity contribution in [1.82, 2.24) is 0 Å². The van der Waals surface area contributed by atoms with Gasteiger partial charge in [-0.2, -0.15) is 0 Å². The maximum Gasteiger partial charge on any atom is 0.0540 e. The second-order valence-corrected chi connectivity index (χ2v) is 18.5. The lowest BCUT2D eigenvalue weighted by molar-refractivity contribution is 0.977. The van der Waals surface area contributed by atoms with Gasteiger partial charge < -0.3 is 9.80 Å². The van der Waals surface area contributed by atoms with Crippen LogP contribution >= 0.6 is 0 Å². The van der Waals surface area contributed by atoms with Crippen LogP contribution in [0.15, 0.2) is 303 Å². The first kappa shape index (κ1) is 44.0. The highest BCUT2D eigenvalue weighted by Crippen LogP contribution is 2.44. The molecular weight excluding hydrogens is 869 g/mol. The van der Waals surface area contributed by atoms with E-state index in [2.05, 4.69) is 313 Å². The van der Waals surface area contributed by atoms with Gasteiger partial charge in [0.25, 0.3) is 0 Å². The summed E-state index contributed by atoms with van der Waals surface area (Å²) in [6, 6.07) is 110. The van der Waals surface area contributed by atoms with Crippen LogP contribution < -0.4 is 9.80 Å². The Hall–Kier alpha value is -9.24.